The second-order valence-corrected chi connectivity index (χ2v) is 4.55. The first-order valence-corrected chi connectivity index (χ1v) is 6.40. The largest absolute Gasteiger partial charge is 0.450 e. The molecule has 1 N–H and O–H groups in total. The third-order valence-corrected chi connectivity index (χ3v) is 3.16. The summed E-state index contributed by atoms with van der Waals surface area (Å²) < 4.78 is 18.6. The van der Waals surface area contributed by atoms with E-state index in [1.807, 2.05) is 26.1 Å². The molecule has 5 nitrogen and oxygen atoms in total. The summed E-state index contributed by atoms with van der Waals surface area (Å²) in [4.78, 5) is 10.3. The van der Waals surface area contributed by atoms with Crippen LogP contribution in [0, 0.1) is 15.9 Å². The zero-order chi connectivity index (χ0) is 15.4. The Bertz CT molecular complexity index is 644. The van der Waals surface area contributed by atoms with Gasteiger partial charge in [-0.3, -0.25) is 10.1 Å². The van der Waals surface area contributed by atoms with Gasteiger partial charge >= 0.3 is 5.69 Å². The molecule has 2 aromatic rings. The Morgan fingerprint density at radius 1 is 1.24 bits per heavy atom. The van der Waals surface area contributed by atoms with Crippen LogP contribution < -0.4 is 10.1 Å². The fraction of sp³-hybridized carbons (Fsp3) is 0.200. The standard InChI is InChI=1S/C15H15FN2O3/c1-10(17-2)11-3-6-13(7-4-11)21-15-9-12(16)5-8-14(15)18(19)20/h3-10,17H,1-2H3. The van der Waals surface area contributed by atoms with Crippen molar-refractivity contribution in [3.63, 3.8) is 0 Å². The molecule has 1 atom stereocenters. The van der Waals surface area contributed by atoms with Gasteiger partial charge in [-0.2, -0.15) is 0 Å². The maximum atomic E-state index is 13.2. The van der Waals surface area contributed by atoms with Gasteiger partial charge in [-0.05, 0) is 37.7 Å². The Hall–Kier alpha value is -2.47. The summed E-state index contributed by atoms with van der Waals surface area (Å²) in [6, 6.07) is 10.4. The van der Waals surface area contributed by atoms with Gasteiger partial charge in [-0.25, -0.2) is 4.39 Å². The number of nitrogens with zero attached hydrogens (tertiary/aromatic N) is 1. The zero-order valence-corrected chi connectivity index (χ0v) is 11.7. The molecule has 2 rings (SSSR count). The van der Waals surface area contributed by atoms with Crippen LogP contribution >= 0.6 is 0 Å². The molecule has 0 aliphatic rings. The van der Waals surface area contributed by atoms with Crippen LogP contribution in [0.3, 0.4) is 0 Å². The molecule has 0 fully saturated rings. The summed E-state index contributed by atoms with van der Waals surface area (Å²) in [7, 11) is 1.85. The van der Waals surface area contributed by atoms with Crippen molar-refractivity contribution in [1.29, 1.82) is 0 Å². The van der Waals surface area contributed by atoms with E-state index in [0.29, 0.717) is 5.75 Å². The average Bonchev–Trinajstić information content (AvgIpc) is 2.47. The van der Waals surface area contributed by atoms with Crippen LogP contribution in [0.15, 0.2) is 42.5 Å². The van der Waals surface area contributed by atoms with E-state index in [9.17, 15) is 14.5 Å². The summed E-state index contributed by atoms with van der Waals surface area (Å²) in [6.07, 6.45) is 0. The number of nitro groups is 1. The van der Waals surface area contributed by atoms with Crippen LogP contribution in [0.4, 0.5) is 10.1 Å². The first-order valence-electron chi connectivity index (χ1n) is 6.40. The molecule has 0 saturated carbocycles. The number of benzene rings is 2. The van der Waals surface area contributed by atoms with Gasteiger partial charge in [0.05, 0.1) is 4.92 Å². The third kappa shape index (κ3) is 3.55. The van der Waals surface area contributed by atoms with E-state index < -0.39 is 10.7 Å². The summed E-state index contributed by atoms with van der Waals surface area (Å²) in [5.41, 5.74) is 0.780. The van der Waals surface area contributed by atoms with Crippen molar-refractivity contribution in [1.82, 2.24) is 5.32 Å². The number of hydrogen-bond donors (Lipinski definition) is 1. The van der Waals surface area contributed by atoms with Gasteiger partial charge in [0.1, 0.15) is 11.6 Å². The number of hydrogen-bond acceptors (Lipinski definition) is 4. The molecule has 110 valence electrons. The molecule has 0 aliphatic carbocycles. The summed E-state index contributed by atoms with van der Waals surface area (Å²) in [5, 5.41) is 14.0. The minimum Gasteiger partial charge on any atom is -0.450 e. The predicted octanol–water partition coefficient (Wildman–Crippen LogP) is 3.81. The minimum absolute atomic E-state index is 0.116. The third-order valence-electron chi connectivity index (χ3n) is 3.16. The number of halogens is 1. The maximum absolute atomic E-state index is 13.2. The summed E-state index contributed by atoms with van der Waals surface area (Å²) in [5.74, 6) is -0.291. The molecule has 0 amide bonds. The number of nitrogens with one attached hydrogen (secondary N) is 1. The van der Waals surface area contributed by atoms with Gasteiger partial charge in [-0.1, -0.05) is 12.1 Å². The normalized spacial score (nSPS) is 12.0. The van der Waals surface area contributed by atoms with Crippen molar-refractivity contribution in [2.75, 3.05) is 7.05 Å². The second-order valence-electron chi connectivity index (χ2n) is 4.55. The molecule has 0 spiro atoms. The Morgan fingerprint density at radius 3 is 2.48 bits per heavy atom. The van der Waals surface area contributed by atoms with E-state index in [1.54, 1.807) is 12.1 Å². The SMILES string of the molecule is CNC(C)c1ccc(Oc2cc(F)ccc2[N+](=O)[O-])cc1. The van der Waals surface area contributed by atoms with Crippen molar-refractivity contribution in [3.8, 4) is 11.5 Å². The first kappa shape index (κ1) is 14.9. The zero-order valence-electron chi connectivity index (χ0n) is 11.7. The lowest BCUT2D eigenvalue weighted by atomic mass is 10.1. The van der Waals surface area contributed by atoms with Crippen LogP contribution in [0.25, 0.3) is 0 Å². The second kappa shape index (κ2) is 6.32. The summed E-state index contributed by atoms with van der Waals surface area (Å²) in [6.45, 7) is 2.01. The van der Waals surface area contributed by atoms with Gasteiger partial charge < -0.3 is 10.1 Å². The van der Waals surface area contributed by atoms with Crippen molar-refractivity contribution < 1.29 is 14.1 Å². The van der Waals surface area contributed by atoms with E-state index in [2.05, 4.69) is 5.32 Å². The molecule has 2 aromatic carbocycles. The van der Waals surface area contributed by atoms with Crippen molar-refractivity contribution in [3.05, 3.63) is 64.0 Å². The first-order chi connectivity index (χ1) is 10.0. The molecule has 0 aliphatic heterocycles. The van der Waals surface area contributed by atoms with Crippen molar-refractivity contribution in [2.45, 2.75) is 13.0 Å². The van der Waals surface area contributed by atoms with Crippen LogP contribution in [0.5, 0.6) is 11.5 Å². The molecular formula is C15H15FN2O3. The molecule has 0 saturated heterocycles. The highest BCUT2D eigenvalue weighted by Crippen LogP contribution is 2.32. The Balaban J connectivity index is 2.26. The van der Waals surface area contributed by atoms with Crippen LogP contribution in [0.2, 0.25) is 0 Å². The van der Waals surface area contributed by atoms with Crippen molar-refractivity contribution >= 4 is 5.69 Å². The maximum Gasteiger partial charge on any atom is 0.311 e. The quantitative estimate of drug-likeness (QED) is 0.672. The van der Waals surface area contributed by atoms with Crippen LogP contribution in [-0.4, -0.2) is 12.0 Å². The molecule has 1 unspecified atom stereocenters. The highest BCUT2D eigenvalue weighted by atomic mass is 19.1. The molecule has 0 aromatic heterocycles. The molecule has 6 heteroatoms. The van der Waals surface area contributed by atoms with E-state index in [0.717, 1.165) is 23.8 Å². The van der Waals surface area contributed by atoms with E-state index in [4.69, 9.17) is 4.74 Å². The fourth-order valence-corrected chi connectivity index (χ4v) is 1.84. The highest BCUT2D eigenvalue weighted by molar-refractivity contribution is 5.48. The minimum atomic E-state index is -0.605. The Labute approximate surface area is 121 Å². The lowest BCUT2D eigenvalue weighted by molar-refractivity contribution is -0.385. The van der Waals surface area contributed by atoms with Gasteiger partial charge in [0.15, 0.2) is 0 Å². The highest BCUT2D eigenvalue weighted by Gasteiger charge is 2.16. The Kier molecular flexibility index (Phi) is 4.49. The fourth-order valence-electron chi connectivity index (χ4n) is 1.84. The number of ether oxygens (including phenoxy) is 1. The number of rotatable bonds is 5. The lowest BCUT2D eigenvalue weighted by Crippen LogP contribution is -2.11. The molecular weight excluding hydrogens is 275 g/mol. The number of nitro benzene ring substituents is 1. The monoisotopic (exact) mass is 290 g/mol. The average molecular weight is 290 g/mol. The van der Waals surface area contributed by atoms with Gasteiger partial charge in [0.25, 0.3) is 0 Å². The van der Waals surface area contributed by atoms with E-state index >= 15 is 0 Å². The molecule has 0 heterocycles. The van der Waals surface area contributed by atoms with E-state index in [-0.39, 0.29) is 17.5 Å². The van der Waals surface area contributed by atoms with E-state index in [1.165, 1.54) is 0 Å². The summed E-state index contributed by atoms with van der Waals surface area (Å²) >= 11 is 0. The Morgan fingerprint density at radius 2 is 1.90 bits per heavy atom. The molecule has 0 bridgehead atoms. The smallest absolute Gasteiger partial charge is 0.311 e. The van der Waals surface area contributed by atoms with Crippen LogP contribution in [0.1, 0.15) is 18.5 Å². The topological polar surface area (TPSA) is 64.4 Å². The molecule has 21 heavy (non-hydrogen) atoms. The van der Waals surface area contributed by atoms with Crippen molar-refractivity contribution in [2.24, 2.45) is 0 Å². The van der Waals surface area contributed by atoms with Gasteiger partial charge in [0.2, 0.25) is 5.75 Å². The van der Waals surface area contributed by atoms with Gasteiger partial charge in [-0.15, -0.1) is 0 Å². The lowest BCUT2D eigenvalue weighted by Gasteiger charge is -2.11. The van der Waals surface area contributed by atoms with Gasteiger partial charge in [0, 0.05) is 18.2 Å². The van der Waals surface area contributed by atoms with Crippen LogP contribution in [-0.2, 0) is 0 Å². The predicted molar refractivity (Wildman–Crippen MR) is 77.0 cm³/mol. The molecule has 0 radical (unpaired) electrons.